The zero-order valence-electron chi connectivity index (χ0n) is 14.6. The zero-order valence-corrected chi connectivity index (χ0v) is 14.6. The molecule has 0 spiro atoms. The minimum Gasteiger partial charge on any atom is -0.493 e. The van der Waals surface area contributed by atoms with Gasteiger partial charge in [-0.05, 0) is 55.3 Å². The van der Waals surface area contributed by atoms with Gasteiger partial charge in [0.2, 0.25) is 5.91 Å². The van der Waals surface area contributed by atoms with Gasteiger partial charge >= 0.3 is 0 Å². The molecule has 0 aliphatic carbocycles. The summed E-state index contributed by atoms with van der Waals surface area (Å²) < 4.78 is 23.8. The molecule has 0 saturated heterocycles. The molecule has 1 amide bonds. The molecule has 25 heavy (non-hydrogen) atoms. The maximum atomic E-state index is 12.8. The van der Waals surface area contributed by atoms with Gasteiger partial charge < -0.3 is 14.8 Å². The van der Waals surface area contributed by atoms with Crippen molar-refractivity contribution < 1.29 is 18.7 Å². The molecule has 2 rings (SSSR count). The van der Waals surface area contributed by atoms with Crippen molar-refractivity contribution in [3.63, 3.8) is 0 Å². The standard InChI is InChI=1S/C20H22FNO3/c1-14(2)25-18-10-6-15(12-19(18)24-3)7-11-20(23)22-13-16-4-8-17(21)9-5-16/h4-12,14H,13H2,1-3H3,(H,22,23)/b11-7+. The Bertz CT molecular complexity index is 739. The molecular weight excluding hydrogens is 321 g/mol. The van der Waals surface area contributed by atoms with Crippen molar-refractivity contribution in [2.75, 3.05) is 7.11 Å². The van der Waals surface area contributed by atoms with Gasteiger partial charge in [0.1, 0.15) is 5.82 Å². The molecule has 0 aliphatic rings. The summed E-state index contributed by atoms with van der Waals surface area (Å²) in [5.74, 6) is 0.748. The van der Waals surface area contributed by atoms with E-state index in [9.17, 15) is 9.18 Å². The van der Waals surface area contributed by atoms with Gasteiger partial charge in [-0.2, -0.15) is 0 Å². The molecule has 4 nitrogen and oxygen atoms in total. The van der Waals surface area contributed by atoms with Gasteiger partial charge in [-0.25, -0.2) is 4.39 Å². The summed E-state index contributed by atoms with van der Waals surface area (Å²) in [6.45, 7) is 4.23. The lowest BCUT2D eigenvalue weighted by molar-refractivity contribution is -0.116. The highest BCUT2D eigenvalue weighted by Gasteiger charge is 2.06. The summed E-state index contributed by atoms with van der Waals surface area (Å²) in [6.07, 6.45) is 3.19. The Hall–Kier alpha value is -2.82. The van der Waals surface area contributed by atoms with E-state index in [0.717, 1.165) is 11.1 Å². The van der Waals surface area contributed by atoms with E-state index < -0.39 is 0 Å². The third-order valence-electron chi connectivity index (χ3n) is 3.36. The average molecular weight is 343 g/mol. The van der Waals surface area contributed by atoms with Gasteiger partial charge in [0.15, 0.2) is 11.5 Å². The fourth-order valence-electron chi connectivity index (χ4n) is 2.16. The van der Waals surface area contributed by atoms with Crippen LogP contribution in [0.1, 0.15) is 25.0 Å². The van der Waals surface area contributed by atoms with Gasteiger partial charge in [0.05, 0.1) is 13.2 Å². The molecule has 0 aliphatic heterocycles. The zero-order chi connectivity index (χ0) is 18.2. The number of nitrogens with one attached hydrogen (secondary N) is 1. The van der Waals surface area contributed by atoms with Crippen molar-refractivity contribution in [1.82, 2.24) is 5.32 Å². The summed E-state index contributed by atoms with van der Waals surface area (Å²) in [5, 5.41) is 2.75. The Balaban J connectivity index is 1.95. The van der Waals surface area contributed by atoms with Crippen LogP contribution in [0.3, 0.4) is 0 Å². The number of benzene rings is 2. The molecule has 2 aromatic carbocycles. The second-order valence-electron chi connectivity index (χ2n) is 5.75. The number of hydrogen-bond acceptors (Lipinski definition) is 3. The summed E-state index contributed by atoms with van der Waals surface area (Å²) in [7, 11) is 1.57. The van der Waals surface area contributed by atoms with Crippen molar-refractivity contribution >= 4 is 12.0 Å². The van der Waals surface area contributed by atoms with Crippen LogP contribution in [0.25, 0.3) is 6.08 Å². The molecule has 0 unspecified atom stereocenters. The summed E-state index contributed by atoms with van der Waals surface area (Å²) >= 11 is 0. The molecule has 1 N–H and O–H groups in total. The Morgan fingerprint density at radius 1 is 1.16 bits per heavy atom. The summed E-state index contributed by atoms with van der Waals surface area (Å²) in [4.78, 5) is 11.9. The molecular formula is C20H22FNO3. The molecule has 132 valence electrons. The van der Waals surface area contributed by atoms with E-state index in [0.29, 0.717) is 18.0 Å². The Labute approximate surface area is 147 Å². The SMILES string of the molecule is COc1cc(/C=C/C(=O)NCc2ccc(F)cc2)ccc1OC(C)C. The quantitative estimate of drug-likeness (QED) is 0.775. The first-order chi connectivity index (χ1) is 12.0. The minimum absolute atomic E-state index is 0.0486. The molecule has 0 aromatic heterocycles. The van der Waals surface area contributed by atoms with Crippen LogP contribution in [-0.4, -0.2) is 19.1 Å². The largest absolute Gasteiger partial charge is 0.493 e. The highest BCUT2D eigenvalue weighted by Crippen LogP contribution is 2.29. The molecule has 0 saturated carbocycles. The van der Waals surface area contributed by atoms with E-state index in [-0.39, 0.29) is 17.8 Å². The van der Waals surface area contributed by atoms with E-state index in [2.05, 4.69) is 5.32 Å². The maximum Gasteiger partial charge on any atom is 0.244 e. The molecule has 0 fully saturated rings. The van der Waals surface area contributed by atoms with Crippen LogP contribution >= 0.6 is 0 Å². The maximum absolute atomic E-state index is 12.8. The number of halogens is 1. The Morgan fingerprint density at radius 3 is 2.52 bits per heavy atom. The van der Waals surface area contributed by atoms with Crippen molar-refractivity contribution in [3.8, 4) is 11.5 Å². The third kappa shape index (κ3) is 5.95. The number of hydrogen-bond donors (Lipinski definition) is 1. The van der Waals surface area contributed by atoms with E-state index in [1.807, 2.05) is 32.0 Å². The fourth-order valence-corrected chi connectivity index (χ4v) is 2.16. The van der Waals surface area contributed by atoms with Gasteiger partial charge in [0, 0.05) is 12.6 Å². The van der Waals surface area contributed by atoms with Crippen LogP contribution in [0, 0.1) is 5.82 Å². The number of rotatable bonds is 7. The van der Waals surface area contributed by atoms with Gasteiger partial charge in [0.25, 0.3) is 0 Å². The molecule has 5 heteroatoms. The van der Waals surface area contributed by atoms with Crippen LogP contribution in [0.5, 0.6) is 11.5 Å². The average Bonchev–Trinajstić information content (AvgIpc) is 2.60. The third-order valence-corrected chi connectivity index (χ3v) is 3.36. The number of amides is 1. The smallest absolute Gasteiger partial charge is 0.244 e. The van der Waals surface area contributed by atoms with Crippen LogP contribution in [0.15, 0.2) is 48.5 Å². The van der Waals surface area contributed by atoms with Gasteiger partial charge in [-0.3, -0.25) is 4.79 Å². The number of methoxy groups -OCH3 is 1. The van der Waals surface area contributed by atoms with Crippen LogP contribution in [0.4, 0.5) is 4.39 Å². The normalized spacial score (nSPS) is 10.9. The van der Waals surface area contributed by atoms with Crippen molar-refractivity contribution in [3.05, 3.63) is 65.5 Å². The van der Waals surface area contributed by atoms with E-state index in [1.54, 1.807) is 25.3 Å². The summed E-state index contributed by atoms with van der Waals surface area (Å²) in [5.41, 5.74) is 1.66. The first-order valence-electron chi connectivity index (χ1n) is 8.03. The van der Waals surface area contributed by atoms with E-state index in [4.69, 9.17) is 9.47 Å². The molecule has 0 bridgehead atoms. The minimum atomic E-state index is -0.297. The van der Waals surface area contributed by atoms with Crippen molar-refractivity contribution in [2.24, 2.45) is 0 Å². The Morgan fingerprint density at radius 2 is 1.88 bits per heavy atom. The number of carbonyl (C=O) groups is 1. The number of ether oxygens (including phenoxy) is 2. The molecule has 0 radical (unpaired) electrons. The molecule has 2 aromatic rings. The second kappa shape index (κ2) is 8.87. The van der Waals surface area contributed by atoms with Crippen molar-refractivity contribution in [1.29, 1.82) is 0 Å². The van der Waals surface area contributed by atoms with Crippen LogP contribution in [-0.2, 0) is 11.3 Å². The van der Waals surface area contributed by atoms with Crippen LogP contribution < -0.4 is 14.8 Å². The highest BCUT2D eigenvalue weighted by molar-refractivity contribution is 5.91. The highest BCUT2D eigenvalue weighted by atomic mass is 19.1. The molecule has 0 atom stereocenters. The monoisotopic (exact) mass is 343 g/mol. The first kappa shape index (κ1) is 18.5. The predicted molar refractivity (Wildman–Crippen MR) is 96.0 cm³/mol. The lowest BCUT2D eigenvalue weighted by Gasteiger charge is -2.13. The van der Waals surface area contributed by atoms with Gasteiger partial charge in [-0.1, -0.05) is 18.2 Å². The van der Waals surface area contributed by atoms with E-state index in [1.165, 1.54) is 18.2 Å². The predicted octanol–water partition coefficient (Wildman–Crippen LogP) is 3.95. The van der Waals surface area contributed by atoms with E-state index >= 15 is 0 Å². The topological polar surface area (TPSA) is 47.6 Å². The van der Waals surface area contributed by atoms with Crippen molar-refractivity contribution in [2.45, 2.75) is 26.5 Å². The first-order valence-corrected chi connectivity index (χ1v) is 8.03. The van der Waals surface area contributed by atoms with Crippen LogP contribution in [0.2, 0.25) is 0 Å². The molecule has 0 heterocycles. The lowest BCUT2D eigenvalue weighted by Crippen LogP contribution is -2.20. The number of carbonyl (C=O) groups excluding carboxylic acids is 1. The Kier molecular flexibility index (Phi) is 6.57. The second-order valence-corrected chi connectivity index (χ2v) is 5.75. The fraction of sp³-hybridized carbons (Fsp3) is 0.250. The van der Waals surface area contributed by atoms with Gasteiger partial charge in [-0.15, -0.1) is 0 Å². The summed E-state index contributed by atoms with van der Waals surface area (Å²) in [6, 6.07) is 11.5. The lowest BCUT2D eigenvalue weighted by atomic mass is 10.2.